The molecule has 0 aromatic heterocycles. The summed E-state index contributed by atoms with van der Waals surface area (Å²) in [7, 11) is 0. The molecule has 0 aliphatic carbocycles. The monoisotopic (exact) mass is 161 g/mol. The molecular weight excluding hydrogens is 150 g/mol. The van der Waals surface area contributed by atoms with Crippen LogP contribution in [0.2, 0.25) is 0 Å². The van der Waals surface area contributed by atoms with E-state index in [0.29, 0.717) is 13.1 Å². The van der Waals surface area contributed by atoms with E-state index in [9.17, 15) is 4.21 Å². The number of nitrogens with zero attached hydrogens (tertiary/aromatic N) is 1. The van der Waals surface area contributed by atoms with E-state index in [1.807, 2.05) is 6.92 Å². The first kappa shape index (κ1) is 9.55. The Labute approximate surface area is 64.0 Å². The van der Waals surface area contributed by atoms with Gasteiger partial charge >= 0.3 is 0 Å². The van der Waals surface area contributed by atoms with Crippen molar-refractivity contribution in [1.29, 1.82) is 0 Å². The Morgan fingerprint density at radius 1 is 1.90 bits per heavy atom. The van der Waals surface area contributed by atoms with Gasteiger partial charge in [-0.3, -0.25) is 0 Å². The molecule has 0 fully saturated rings. The summed E-state index contributed by atoms with van der Waals surface area (Å²) in [6.45, 7) is 6.47. The quantitative estimate of drug-likeness (QED) is 0.479. The summed E-state index contributed by atoms with van der Waals surface area (Å²) in [4.78, 5) is 1.53. The Morgan fingerprint density at radius 2 is 2.50 bits per heavy atom. The highest BCUT2D eigenvalue weighted by Crippen LogP contribution is 1.85. The molecule has 0 atom stereocenters. The number of aliphatic hydroxyl groups excluding tert-OH is 1. The Morgan fingerprint density at radius 3 is 2.80 bits per heavy atom. The SMILES string of the molecule is C=CCN(CC)C(O)=S=O. The van der Waals surface area contributed by atoms with E-state index in [2.05, 4.69) is 6.58 Å². The fourth-order valence-electron chi connectivity index (χ4n) is 0.551. The standard InChI is InChI=1S/C6H11NO2S/c1-3-5-7(4-2)6(8)10-9/h3,8H,1,4-5H2,2H3. The molecule has 0 saturated heterocycles. The van der Waals surface area contributed by atoms with Crippen molar-refractivity contribution >= 4 is 16.4 Å². The molecule has 0 unspecified atom stereocenters. The van der Waals surface area contributed by atoms with Gasteiger partial charge < -0.3 is 5.11 Å². The van der Waals surface area contributed by atoms with Crippen molar-refractivity contribution in [3.63, 3.8) is 0 Å². The van der Waals surface area contributed by atoms with Crippen molar-refractivity contribution in [1.82, 2.24) is 4.90 Å². The molecule has 0 rings (SSSR count). The molecule has 0 amide bonds. The number of likely N-dealkylation sites (N-methyl/N-ethyl adjacent to an activating group) is 1. The van der Waals surface area contributed by atoms with Crippen LogP contribution in [0.1, 0.15) is 6.92 Å². The molecule has 1 N–H and O–H groups in total. The minimum Gasteiger partial charge on any atom is -0.340 e. The molecule has 0 bridgehead atoms. The second-order valence-electron chi connectivity index (χ2n) is 1.69. The normalized spacial score (nSPS) is 9.50. The fraction of sp³-hybridized carbons (Fsp3) is 0.500. The molecule has 58 valence electrons. The second kappa shape index (κ2) is 5.34. The average Bonchev–Trinajstić information content (AvgIpc) is 1.99. The van der Waals surface area contributed by atoms with Gasteiger partial charge in [0.25, 0.3) is 0 Å². The number of hydrogen-bond donors (Lipinski definition) is 1. The van der Waals surface area contributed by atoms with Crippen LogP contribution in [0.3, 0.4) is 0 Å². The summed E-state index contributed by atoms with van der Waals surface area (Å²) in [6, 6.07) is 0. The molecule has 0 saturated carbocycles. The highest BCUT2D eigenvalue weighted by molar-refractivity contribution is 7.65. The maximum atomic E-state index is 10.1. The second-order valence-corrected chi connectivity index (χ2v) is 2.23. The zero-order chi connectivity index (χ0) is 7.98. The minimum atomic E-state index is -0.192. The van der Waals surface area contributed by atoms with Crippen LogP contribution in [0.5, 0.6) is 0 Å². The van der Waals surface area contributed by atoms with Crippen molar-refractivity contribution in [3.8, 4) is 0 Å². The lowest BCUT2D eigenvalue weighted by atomic mass is 10.5. The third kappa shape index (κ3) is 2.91. The van der Waals surface area contributed by atoms with Crippen LogP contribution >= 0.6 is 0 Å². The van der Waals surface area contributed by atoms with Crippen molar-refractivity contribution in [2.45, 2.75) is 6.92 Å². The smallest absolute Gasteiger partial charge is 0.217 e. The van der Waals surface area contributed by atoms with Gasteiger partial charge in [-0.2, -0.15) is 0 Å². The molecule has 0 aromatic rings. The van der Waals surface area contributed by atoms with Crippen LogP contribution < -0.4 is 0 Å². The van der Waals surface area contributed by atoms with Gasteiger partial charge in [0.2, 0.25) is 5.17 Å². The van der Waals surface area contributed by atoms with Crippen LogP contribution in [-0.4, -0.2) is 32.5 Å². The lowest BCUT2D eigenvalue weighted by Crippen LogP contribution is -2.30. The fourth-order valence-corrected chi connectivity index (χ4v) is 0.860. The lowest BCUT2D eigenvalue weighted by molar-refractivity contribution is 0.383. The van der Waals surface area contributed by atoms with E-state index in [1.165, 1.54) is 4.90 Å². The molecule has 4 heteroatoms. The zero-order valence-electron chi connectivity index (χ0n) is 5.91. The van der Waals surface area contributed by atoms with E-state index in [0.717, 1.165) is 0 Å². The highest BCUT2D eigenvalue weighted by Gasteiger charge is 2.03. The van der Waals surface area contributed by atoms with Crippen LogP contribution in [0.15, 0.2) is 12.7 Å². The molecule has 0 spiro atoms. The van der Waals surface area contributed by atoms with E-state index in [4.69, 9.17) is 5.11 Å². The van der Waals surface area contributed by atoms with Gasteiger partial charge in [-0.1, -0.05) is 13.0 Å². The topological polar surface area (TPSA) is 40.5 Å². The van der Waals surface area contributed by atoms with E-state index in [-0.39, 0.29) is 16.4 Å². The van der Waals surface area contributed by atoms with Crippen LogP contribution in [0.4, 0.5) is 0 Å². The Bertz CT molecular complexity index is 163. The molecule has 0 radical (unpaired) electrons. The number of rotatable bonds is 3. The molecule has 0 aliphatic rings. The summed E-state index contributed by atoms with van der Waals surface area (Å²) in [5.41, 5.74) is 0. The third-order valence-electron chi connectivity index (χ3n) is 1.08. The Balaban J connectivity index is 4.05. The van der Waals surface area contributed by atoms with Gasteiger partial charge in [-0.15, -0.1) is 6.58 Å². The maximum Gasteiger partial charge on any atom is 0.217 e. The molecule has 10 heavy (non-hydrogen) atoms. The van der Waals surface area contributed by atoms with Gasteiger partial charge in [-0.05, 0) is 0 Å². The third-order valence-corrected chi connectivity index (χ3v) is 1.48. The first-order valence-corrected chi connectivity index (χ1v) is 3.72. The summed E-state index contributed by atoms with van der Waals surface area (Å²) >= 11 is 0.0978. The van der Waals surface area contributed by atoms with Gasteiger partial charge in [-0.25, -0.2) is 9.11 Å². The summed E-state index contributed by atoms with van der Waals surface area (Å²) in [5.74, 6) is 0. The summed E-state index contributed by atoms with van der Waals surface area (Å²) < 4.78 is 10.1. The minimum absolute atomic E-state index is 0.0978. The first-order chi connectivity index (χ1) is 4.76. The van der Waals surface area contributed by atoms with E-state index in [1.54, 1.807) is 6.08 Å². The maximum absolute atomic E-state index is 10.1. The van der Waals surface area contributed by atoms with Crippen molar-refractivity contribution in [3.05, 3.63) is 12.7 Å². The zero-order valence-corrected chi connectivity index (χ0v) is 6.73. The van der Waals surface area contributed by atoms with Crippen molar-refractivity contribution in [2.75, 3.05) is 13.1 Å². The van der Waals surface area contributed by atoms with Gasteiger partial charge in [0.1, 0.15) is 11.3 Å². The predicted octanol–water partition coefficient (Wildman–Crippen LogP) is 0.353. The van der Waals surface area contributed by atoms with E-state index >= 15 is 0 Å². The van der Waals surface area contributed by atoms with Gasteiger partial charge in [0, 0.05) is 13.1 Å². The van der Waals surface area contributed by atoms with Crippen molar-refractivity contribution in [2.24, 2.45) is 0 Å². The van der Waals surface area contributed by atoms with E-state index < -0.39 is 0 Å². The van der Waals surface area contributed by atoms with Crippen LogP contribution in [0, 0.1) is 0 Å². The van der Waals surface area contributed by atoms with Gasteiger partial charge in [0.05, 0.1) is 0 Å². The van der Waals surface area contributed by atoms with Gasteiger partial charge in [0.15, 0.2) is 0 Å². The lowest BCUT2D eigenvalue weighted by Gasteiger charge is -2.13. The first-order valence-electron chi connectivity index (χ1n) is 2.97. The summed E-state index contributed by atoms with van der Waals surface area (Å²) in [6.07, 6.45) is 1.63. The predicted molar refractivity (Wildman–Crippen MR) is 43.2 cm³/mol. The Kier molecular flexibility index (Phi) is 5.10. The molecule has 0 aliphatic heterocycles. The van der Waals surface area contributed by atoms with Crippen LogP contribution in [0.25, 0.3) is 0 Å². The molecule has 3 nitrogen and oxygen atoms in total. The molecular formula is C6H11NO2S. The highest BCUT2D eigenvalue weighted by atomic mass is 32.1. The molecule has 0 aromatic carbocycles. The number of hydrogen-bond acceptors (Lipinski definition) is 1. The average molecular weight is 161 g/mol. The molecule has 0 heterocycles. The number of aliphatic hydroxyl groups is 1. The van der Waals surface area contributed by atoms with Crippen LogP contribution in [-0.2, 0) is 11.3 Å². The largest absolute Gasteiger partial charge is 0.340 e. The summed E-state index contributed by atoms with van der Waals surface area (Å²) in [5, 5.41) is 8.70. The Hall–Kier alpha value is -0.450. The van der Waals surface area contributed by atoms with Crippen molar-refractivity contribution < 1.29 is 9.32 Å².